The lowest BCUT2D eigenvalue weighted by Gasteiger charge is -2.24. The second-order valence-electron chi connectivity index (χ2n) is 4.86. The van der Waals surface area contributed by atoms with Crippen molar-refractivity contribution in [3.63, 3.8) is 0 Å². The van der Waals surface area contributed by atoms with Gasteiger partial charge < -0.3 is 10.6 Å². The number of anilines is 1. The SMILES string of the molecule is CCNC(=O)c1cc(NC2CCS(=O)(=O)CC2)ccn1. The van der Waals surface area contributed by atoms with Gasteiger partial charge in [0.25, 0.3) is 5.91 Å². The van der Waals surface area contributed by atoms with Gasteiger partial charge in [-0.2, -0.15) is 0 Å². The van der Waals surface area contributed by atoms with Gasteiger partial charge in [0.1, 0.15) is 15.5 Å². The third-order valence-corrected chi connectivity index (χ3v) is 4.97. The number of nitrogens with one attached hydrogen (secondary N) is 2. The van der Waals surface area contributed by atoms with E-state index >= 15 is 0 Å². The van der Waals surface area contributed by atoms with Gasteiger partial charge in [-0.25, -0.2) is 8.42 Å². The topological polar surface area (TPSA) is 88.2 Å². The zero-order chi connectivity index (χ0) is 14.6. The van der Waals surface area contributed by atoms with Crippen molar-refractivity contribution >= 4 is 21.4 Å². The van der Waals surface area contributed by atoms with E-state index in [0.29, 0.717) is 25.1 Å². The second kappa shape index (κ2) is 6.21. The van der Waals surface area contributed by atoms with Crippen molar-refractivity contribution in [2.45, 2.75) is 25.8 Å². The van der Waals surface area contributed by atoms with E-state index in [1.54, 1.807) is 18.3 Å². The van der Waals surface area contributed by atoms with Crippen molar-refractivity contribution in [3.05, 3.63) is 24.0 Å². The predicted octanol–water partition coefficient (Wildman–Crippen LogP) is 0.820. The molecule has 1 aliphatic rings. The standard InChI is InChI=1S/C13H19N3O3S/c1-2-14-13(17)12-9-11(3-6-15-12)16-10-4-7-20(18,19)8-5-10/h3,6,9-10H,2,4-5,7-8H2,1H3,(H,14,17)(H,15,16). The Bertz CT molecular complexity index is 572. The van der Waals surface area contributed by atoms with Gasteiger partial charge in [-0.15, -0.1) is 0 Å². The summed E-state index contributed by atoms with van der Waals surface area (Å²) < 4.78 is 22.7. The summed E-state index contributed by atoms with van der Waals surface area (Å²) in [6, 6.07) is 3.60. The molecule has 0 aliphatic carbocycles. The molecule has 1 amide bonds. The van der Waals surface area contributed by atoms with Gasteiger partial charge in [0.15, 0.2) is 0 Å². The minimum atomic E-state index is -2.85. The average Bonchev–Trinajstić information content (AvgIpc) is 2.42. The van der Waals surface area contributed by atoms with E-state index in [9.17, 15) is 13.2 Å². The summed E-state index contributed by atoms with van der Waals surface area (Å²) in [6.45, 7) is 2.40. The number of aromatic nitrogens is 1. The smallest absolute Gasteiger partial charge is 0.269 e. The minimum Gasteiger partial charge on any atom is -0.382 e. The Morgan fingerprint density at radius 3 is 2.75 bits per heavy atom. The lowest BCUT2D eigenvalue weighted by molar-refractivity contribution is 0.0951. The van der Waals surface area contributed by atoms with Crippen LogP contribution in [0, 0.1) is 0 Å². The Morgan fingerprint density at radius 2 is 2.10 bits per heavy atom. The van der Waals surface area contributed by atoms with Gasteiger partial charge in [-0.1, -0.05) is 0 Å². The summed E-state index contributed by atoms with van der Waals surface area (Å²) in [7, 11) is -2.85. The molecule has 110 valence electrons. The highest BCUT2D eigenvalue weighted by Crippen LogP contribution is 2.18. The van der Waals surface area contributed by atoms with E-state index in [4.69, 9.17) is 0 Å². The van der Waals surface area contributed by atoms with Crippen LogP contribution in [0.1, 0.15) is 30.3 Å². The van der Waals surface area contributed by atoms with Crippen molar-refractivity contribution in [2.75, 3.05) is 23.4 Å². The Morgan fingerprint density at radius 1 is 1.40 bits per heavy atom. The molecule has 0 unspecified atom stereocenters. The van der Waals surface area contributed by atoms with Gasteiger partial charge in [0.05, 0.1) is 11.5 Å². The summed E-state index contributed by atoms with van der Waals surface area (Å²) >= 11 is 0. The number of sulfone groups is 1. The molecule has 1 saturated heterocycles. The first kappa shape index (κ1) is 14.8. The Kier molecular flexibility index (Phi) is 4.59. The summed E-state index contributed by atoms with van der Waals surface area (Å²) in [4.78, 5) is 15.7. The molecule has 6 nitrogen and oxygen atoms in total. The molecule has 1 aliphatic heterocycles. The molecular weight excluding hydrogens is 278 g/mol. The maximum absolute atomic E-state index is 11.7. The number of hydrogen-bond acceptors (Lipinski definition) is 5. The molecule has 1 fully saturated rings. The molecule has 0 radical (unpaired) electrons. The van der Waals surface area contributed by atoms with E-state index in [-0.39, 0.29) is 23.5 Å². The third-order valence-electron chi connectivity index (χ3n) is 3.26. The van der Waals surface area contributed by atoms with Crippen LogP contribution >= 0.6 is 0 Å². The summed E-state index contributed by atoms with van der Waals surface area (Å²) in [5.41, 5.74) is 1.16. The highest BCUT2D eigenvalue weighted by Gasteiger charge is 2.23. The largest absolute Gasteiger partial charge is 0.382 e. The average molecular weight is 297 g/mol. The first-order chi connectivity index (χ1) is 9.50. The van der Waals surface area contributed by atoms with Crippen molar-refractivity contribution in [1.82, 2.24) is 10.3 Å². The molecule has 2 heterocycles. The molecule has 1 aromatic heterocycles. The summed E-state index contributed by atoms with van der Waals surface area (Å²) in [5.74, 6) is 0.236. The lowest BCUT2D eigenvalue weighted by atomic mass is 10.1. The fourth-order valence-corrected chi connectivity index (χ4v) is 3.66. The van der Waals surface area contributed by atoms with Crippen LogP contribution in [0.4, 0.5) is 5.69 Å². The lowest BCUT2D eigenvalue weighted by Crippen LogP contribution is -2.32. The molecule has 2 rings (SSSR count). The zero-order valence-corrected chi connectivity index (χ0v) is 12.2. The maximum atomic E-state index is 11.7. The van der Waals surface area contributed by atoms with Gasteiger partial charge in [0, 0.05) is 24.5 Å². The van der Waals surface area contributed by atoms with E-state index in [1.807, 2.05) is 6.92 Å². The number of hydrogen-bond donors (Lipinski definition) is 2. The number of rotatable bonds is 4. The number of carbonyl (C=O) groups is 1. The van der Waals surface area contributed by atoms with Crippen molar-refractivity contribution in [3.8, 4) is 0 Å². The maximum Gasteiger partial charge on any atom is 0.269 e. The van der Waals surface area contributed by atoms with Crippen LogP contribution in [0.25, 0.3) is 0 Å². The second-order valence-corrected chi connectivity index (χ2v) is 7.16. The van der Waals surface area contributed by atoms with Crippen LogP contribution in [-0.2, 0) is 9.84 Å². The van der Waals surface area contributed by atoms with E-state index in [0.717, 1.165) is 5.69 Å². The van der Waals surface area contributed by atoms with Crippen LogP contribution in [0.15, 0.2) is 18.3 Å². The van der Waals surface area contributed by atoms with Crippen molar-refractivity contribution in [2.24, 2.45) is 0 Å². The molecular formula is C13H19N3O3S. The quantitative estimate of drug-likeness (QED) is 0.859. The predicted molar refractivity (Wildman–Crippen MR) is 77.5 cm³/mol. The van der Waals surface area contributed by atoms with Crippen LogP contribution in [-0.4, -0.2) is 43.4 Å². The third kappa shape index (κ3) is 3.93. The molecule has 0 spiro atoms. The first-order valence-electron chi connectivity index (χ1n) is 6.71. The molecule has 20 heavy (non-hydrogen) atoms. The zero-order valence-electron chi connectivity index (χ0n) is 11.4. The minimum absolute atomic E-state index is 0.128. The number of pyridine rings is 1. The summed E-state index contributed by atoms with van der Waals surface area (Å²) in [6.07, 6.45) is 2.77. The Balaban J connectivity index is 2.00. The highest BCUT2D eigenvalue weighted by molar-refractivity contribution is 7.91. The molecule has 0 saturated carbocycles. The molecule has 7 heteroatoms. The van der Waals surface area contributed by atoms with Crippen molar-refractivity contribution in [1.29, 1.82) is 0 Å². The van der Waals surface area contributed by atoms with Crippen LogP contribution in [0.5, 0.6) is 0 Å². The van der Waals surface area contributed by atoms with E-state index < -0.39 is 9.84 Å². The van der Waals surface area contributed by atoms with Crippen LogP contribution in [0.2, 0.25) is 0 Å². The van der Waals surface area contributed by atoms with E-state index in [2.05, 4.69) is 15.6 Å². The van der Waals surface area contributed by atoms with Crippen LogP contribution < -0.4 is 10.6 Å². The highest BCUT2D eigenvalue weighted by atomic mass is 32.2. The van der Waals surface area contributed by atoms with E-state index in [1.165, 1.54) is 0 Å². The summed E-state index contributed by atoms with van der Waals surface area (Å²) in [5, 5.41) is 5.97. The normalized spacial score (nSPS) is 18.4. The molecule has 0 atom stereocenters. The molecule has 2 N–H and O–H groups in total. The monoisotopic (exact) mass is 297 g/mol. The molecule has 0 aromatic carbocycles. The fraction of sp³-hybridized carbons (Fsp3) is 0.538. The number of carbonyl (C=O) groups excluding carboxylic acids is 1. The number of amides is 1. The molecule has 0 bridgehead atoms. The van der Waals surface area contributed by atoms with Crippen molar-refractivity contribution < 1.29 is 13.2 Å². The van der Waals surface area contributed by atoms with Gasteiger partial charge in [0.2, 0.25) is 0 Å². The fourth-order valence-electron chi connectivity index (χ4n) is 2.17. The Hall–Kier alpha value is -1.63. The van der Waals surface area contributed by atoms with Crippen LogP contribution in [0.3, 0.4) is 0 Å². The van der Waals surface area contributed by atoms with Gasteiger partial charge in [-0.3, -0.25) is 9.78 Å². The number of nitrogens with zero attached hydrogens (tertiary/aromatic N) is 1. The van der Waals surface area contributed by atoms with Gasteiger partial charge >= 0.3 is 0 Å². The molecule has 1 aromatic rings. The van der Waals surface area contributed by atoms with Gasteiger partial charge in [-0.05, 0) is 31.9 Å². The Labute approximate surface area is 118 Å². The first-order valence-corrected chi connectivity index (χ1v) is 8.53.